The molecule has 2 saturated heterocycles. The highest BCUT2D eigenvalue weighted by molar-refractivity contribution is 9.10. The molecule has 3 aromatic carbocycles. The number of ether oxygens (including phenoxy) is 2. The molecule has 0 aliphatic carbocycles. The minimum atomic E-state index is -0.305. The zero-order valence-electron chi connectivity index (χ0n) is 22.8. The lowest BCUT2D eigenvalue weighted by Gasteiger charge is -2.58. The number of hydrogen-bond acceptors (Lipinski definition) is 6. The molecule has 210 valence electrons. The van der Waals surface area contributed by atoms with E-state index >= 15 is 0 Å². The summed E-state index contributed by atoms with van der Waals surface area (Å²) in [6, 6.07) is 26.0. The van der Waals surface area contributed by atoms with Crippen LogP contribution in [0.3, 0.4) is 0 Å². The number of carbonyl (C=O) groups is 2. The molecule has 40 heavy (non-hydrogen) atoms. The topological polar surface area (TPSA) is 83.1 Å². The molecule has 2 amide bonds. The van der Waals surface area contributed by atoms with E-state index in [-0.39, 0.29) is 36.1 Å². The quantitative estimate of drug-likeness (QED) is 0.342. The van der Waals surface area contributed by atoms with Crippen LogP contribution in [0.5, 0.6) is 5.75 Å². The molecule has 0 radical (unpaired) electrons. The second-order valence-electron chi connectivity index (χ2n) is 10.3. The fourth-order valence-electron chi connectivity index (χ4n) is 5.79. The van der Waals surface area contributed by atoms with Crippen molar-refractivity contribution in [1.29, 1.82) is 0 Å². The highest BCUT2D eigenvalue weighted by atomic mass is 79.9. The summed E-state index contributed by atoms with van der Waals surface area (Å²) in [5.74, 6) is 0.614. The molecule has 0 saturated carbocycles. The van der Waals surface area contributed by atoms with E-state index in [1.165, 1.54) is 12.5 Å². The SMILES string of the molecule is COc1ccc(NC(=O)N2CC[C@H](OC(C)=O)CN3[C@H](CNc4ccccc4)[C@H](c4ccc(Br)cc4)[C@@H]3C2)cc1. The summed E-state index contributed by atoms with van der Waals surface area (Å²) >= 11 is 3.56. The van der Waals surface area contributed by atoms with E-state index in [2.05, 4.69) is 67.9 Å². The standard InChI is InChI=1S/C31H35BrN4O4/c1-21(37)40-27-16-17-35(31(38)34-25-12-14-26(39-2)15-13-25)20-29-30(22-8-10-23(32)11-9-22)28(36(29)19-27)18-33-24-6-4-3-5-7-24/h3-15,27-30,33H,16-20H2,1-2H3,(H,34,38)/t27-,28+,29-,30-/m0/s1. The number of para-hydroxylation sites is 1. The van der Waals surface area contributed by atoms with Gasteiger partial charge in [0.25, 0.3) is 0 Å². The largest absolute Gasteiger partial charge is 0.497 e. The molecule has 9 heteroatoms. The summed E-state index contributed by atoms with van der Waals surface area (Å²) in [6.45, 7) is 3.86. The first-order valence-corrected chi connectivity index (χ1v) is 14.4. The minimum absolute atomic E-state index is 0.0729. The molecule has 2 aliphatic heterocycles. The first-order valence-electron chi connectivity index (χ1n) is 13.6. The number of amides is 2. The van der Waals surface area contributed by atoms with Crippen molar-refractivity contribution in [3.05, 3.63) is 88.9 Å². The Kier molecular flexibility index (Phi) is 8.91. The first kappa shape index (κ1) is 28.0. The molecular weight excluding hydrogens is 572 g/mol. The third-order valence-electron chi connectivity index (χ3n) is 7.73. The Morgan fingerprint density at radius 1 is 0.950 bits per heavy atom. The number of fused-ring (bicyclic) bond motifs is 1. The Hall–Kier alpha value is -3.56. The Morgan fingerprint density at radius 2 is 1.68 bits per heavy atom. The van der Waals surface area contributed by atoms with Gasteiger partial charge in [-0.3, -0.25) is 9.69 Å². The zero-order chi connectivity index (χ0) is 28.1. The molecule has 0 unspecified atom stereocenters. The number of anilines is 2. The lowest BCUT2D eigenvalue weighted by atomic mass is 9.73. The van der Waals surface area contributed by atoms with E-state index < -0.39 is 0 Å². The normalized spacial score (nSPS) is 22.6. The number of hydrogen-bond donors (Lipinski definition) is 2. The van der Waals surface area contributed by atoms with Gasteiger partial charge in [-0.1, -0.05) is 46.3 Å². The van der Waals surface area contributed by atoms with Crippen LogP contribution < -0.4 is 15.4 Å². The number of methoxy groups -OCH3 is 1. The Balaban J connectivity index is 1.40. The number of esters is 1. The van der Waals surface area contributed by atoms with E-state index in [4.69, 9.17) is 9.47 Å². The summed E-state index contributed by atoms with van der Waals surface area (Å²) in [5.41, 5.74) is 2.98. The maximum absolute atomic E-state index is 13.5. The van der Waals surface area contributed by atoms with Gasteiger partial charge < -0.3 is 25.0 Å². The van der Waals surface area contributed by atoms with Crippen molar-refractivity contribution in [2.75, 3.05) is 43.9 Å². The summed E-state index contributed by atoms with van der Waals surface area (Å²) in [7, 11) is 1.61. The van der Waals surface area contributed by atoms with Gasteiger partial charge in [-0.2, -0.15) is 0 Å². The summed E-state index contributed by atoms with van der Waals surface area (Å²) in [5, 5.41) is 6.63. The van der Waals surface area contributed by atoms with Crippen molar-refractivity contribution in [1.82, 2.24) is 9.80 Å². The lowest BCUT2D eigenvalue weighted by molar-refractivity contribution is -0.152. The van der Waals surface area contributed by atoms with Crippen LogP contribution in [-0.4, -0.2) is 73.3 Å². The van der Waals surface area contributed by atoms with E-state index in [1.807, 2.05) is 47.4 Å². The van der Waals surface area contributed by atoms with Crippen LogP contribution in [0.15, 0.2) is 83.3 Å². The van der Waals surface area contributed by atoms with Crippen LogP contribution in [0.2, 0.25) is 0 Å². The van der Waals surface area contributed by atoms with Crippen LogP contribution in [-0.2, 0) is 9.53 Å². The molecule has 2 aliphatic rings. The number of benzene rings is 3. The number of rotatable bonds is 7. The number of carbonyl (C=O) groups excluding carboxylic acids is 2. The van der Waals surface area contributed by atoms with E-state index in [0.29, 0.717) is 31.7 Å². The van der Waals surface area contributed by atoms with Gasteiger partial charge >= 0.3 is 12.0 Å². The Morgan fingerprint density at radius 3 is 2.35 bits per heavy atom. The van der Waals surface area contributed by atoms with E-state index in [0.717, 1.165) is 22.5 Å². The van der Waals surface area contributed by atoms with Crippen LogP contribution in [0.1, 0.15) is 24.8 Å². The number of urea groups is 1. The van der Waals surface area contributed by atoms with E-state index in [1.54, 1.807) is 7.11 Å². The van der Waals surface area contributed by atoms with Gasteiger partial charge in [-0.05, 0) is 54.1 Å². The van der Waals surface area contributed by atoms with Gasteiger partial charge in [0.15, 0.2) is 0 Å². The zero-order valence-corrected chi connectivity index (χ0v) is 24.3. The van der Waals surface area contributed by atoms with Gasteiger partial charge in [-0.15, -0.1) is 0 Å². The number of halogens is 1. The van der Waals surface area contributed by atoms with Crippen LogP contribution >= 0.6 is 15.9 Å². The molecule has 3 aromatic rings. The predicted octanol–water partition coefficient (Wildman–Crippen LogP) is 5.58. The molecular formula is C31H35BrN4O4. The molecule has 8 nitrogen and oxygen atoms in total. The lowest BCUT2D eigenvalue weighted by Crippen LogP contribution is -2.70. The number of nitrogens with zero attached hydrogens (tertiary/aromatic N) is 2. The van der Waals surface area contributed by atoms with Crippen LogP contribution in [0, 0.1) is 0 Å². The van der Waals surface area contributed by atoms with Crippen molar-refractivity contribution in [3.8, 4) is 5.75 Å². The maximum Gasteiger partial charge on any atom is 0.321 e. The van der Waals surface area contributed by atoms with Crippen LogP contribution in [0.25, 0.3) is 0 Å². The molecule has 0 aromatic heterocycles. The van der Waals surface area contributed by atoms with Crippen LogP contribution in [0.4, 0.5) is 16.2 Å². The monoisotopic (exact) mass is 606 g/mol. The Labute approximate surface area is 243 Å². The molecule has 5 rings (SSSR count). The van der Waals surface area contributed by atoms with E-state index in [9.17, 15) is 9.59 Å². The van der Waals surface area contributed by atoms with Gasteiger partial charge in [0.05, 0.1) is 7.11 Å². The summed E-state index contributed by atoms with van der Waals surface area (Å²) in [6.07, 6.45) is 0.266. The second kappa shape index (κ2) is 12.7. The van der Waals surface area contributed by atoms with Gasteiger partial charge in [0.2, 0.25) is 0 Å². The second-order valence-corrected chi connectivity index (χ2v) is 11.2. The average Bonchev–Trinajstić information content (AvgIpc) is 2.94. The first-order chi connectivity index (χ1) is 19.4. The van der Waals surface area contributed by atoms with Gasteiger partial charge in [0.1, 0.15) is 11.9 Å². The molecule has 2 fully saturated rings. The molecule has 2 heterocycles. The van der Waals surface area contributed by atoms with Crippen molar-refractivity contribution < 1.29 is 19.1 Å². The highest BCUT2D eigenvalue weighted by Gasteiger charge is 2.51. The van der Waals surface area contributed by atoms with Crippen molar-refractivity contribution in [2.45, 2.75) is 37.5 Å². The minimum Gasteiger partial charge on any atom is -0.497 e. The molecule has 2 N–H and O–H groups in total. The van der Waals surface area contributed by atoms with Gasteiger partial charge in [-0.25, -0.2) is 4.79 Å². The fraction of sp³-hybridized carbons (Fsp3) is 0.355. The number of nitrogens with one attached hydrogen (secondary N) is 2. The highest BCUT2D eigenvalue weighted by Crippen LogP contribution is 2.43. The Bertz CT molecular complexity index is 1290. The summed E-state index contributed by atoms with van der Waals surface area (Å²) in [4.78, 5) is 29.7. The van der Waals surface area contributed by atoms with Crippen molar-refractivity contribution in [2.24, 2.45) is 0 Å². The third-order valence-corrected chi connectivity index (χ3v) is 8.26. The smallest absolute Gasteiger partial charge is 0.321 e. The molecule has 0 spiro atoms. The van der Waals surface area contributed by atoms with Gasteiger partial charge in [0, 0.05) is 73.4 Å². The van der Waals surface area contributed by atoms with Crippen molar-refractivity contribution in [3.63, 3.8) is 0 Å². The fourth-order valence-corrected chi connectivity index (χ4v) is 6.05. The maximum atomic E-state index is 13.5. The van der Waals surface area contributed by atoms with Crippen molar-refractivity contribution >= 4 is 39.3 Å². The predicted molar refractivity (Wildman–Crippen MR) is 160 cm³/mol. The average molecular weight is 608 g/mol. The summed E-state index contributed by atoms with van der Waals surface area (Å²) < 4.78 is 12.0. The third kappa shape index (κ3) is 6.59. The molecule has 0 bridgehead atoms. The molecule has 4 atom stereocenters.